The molecule has 0 saturated carbocycles. The van der Waals surface area contributed by atoms with Gasteiger partial charge in [0.25, 0.3) is 0 Å². The molecule has 158 valence electrons. The first kappa shape index (κ1) is 20.7. The maximum Gasteiger partial charge on any atom is 0.147 e. The van der Waals surface area contributed by atoms with E-state index in [-0.39, 0.29) is 17.7 Å². The maximum absolute atomic E-state index is 13.6. The van der Waals surface area contributed by atoms with Crippen LogP contribution in [0.5, 0.6) is 11.5 Å². The molecule has 1 atom stereocenters. The van der Waals surface area contributed by atoms with Gasteiger partial charge in [-0.25, -0.2) is 9.37 Å². The molecule has 0 aliphatic heterocycles. The highest BCUT2D eigenvalue weighted by molar-refractivity contribution is 5.86. The molecule has 1 heterocycles. The number of aromatic hydroxyl groups is 1. The maximum atomic E-state index is 13.6. The Labute approximate surface area is 181 Å². The number of benzene rings is 3. The normalized spacial score (nSPS) is 12.2. The molecule has 0 fully saturated rings. The van der Waals surface area contributed by atoms with Gasteiger partial charge < -0.3 is 15.2 Å². The number of phenolic OH excluding ortho intramolecular Hbond substituents is 1. The SMILES string of the molecule is Cc1ccc2ccc(C(Nc3ccc(OC(C)C)cc3)c3ccc(F)cc3)c(O)c2n1. The fourth-order valence-electron chi connectivity index (χ4n) is 3.58. The van der Waals surface area contributed by atoms with Gasteiger partial charge in [-0.15, -0.1) is 0 Å². The second kappa shape index (κ2) is 8.64. The van der Waals surface area contributed by atoms with E-state index in [1.807, 2.05) is 69.3 Å². The Morgan fingerprint density at radius 1 is 0.903 bits per heavy atom. The second-order valence-electron chi connectivity index (χ2n) is 7.85. The summed E-state index contributed by atoms with van der Waals surface area (Å²) in [6.07, 6.45) is 0.0938. The van der Waals surface area contributed by atoms with Gasteiger partial charge in [0.05, 0.1) is 12.1 Å². The number of pyridine rings is 1. The molecule has 4 rings (SSSR count). The van der Waals surface area contributed by atoms with E-state index in [1.54, 1.807) is 12.1 Å². The lowest BCUT2D eigenvalue weighted by molar-refractivity contribution is 0.242. The summed E-state index contributed by atoms with van der Waals surface area (Å²) in [7, 11) is 0. The Morgan fingerprint density at radius 3 is 2.26 bits per heavy atom. The molecule has 1 aromatic heterocycles. The number of nitrogens with one attached hydrogen (secondary N) is 1. The number of aromatic nitrogens is 1. The molecule has 4 aromatic rings. The first-order valence-corrected chi connectivity index (χ1v) is 10.3. The van der Waals surface area contributed by atoms with Crippen LogP contribution in [0.3, 0.4) is 0 Å². The smallest absolute Gasteiger partial charge is 0.147 e. The van der Waals surface area contributed by atoms with Crippen LogP contribution in [0, 0.1) is 12.7 Å². The molecule has 0 spiro atoms. The van der Waals surface area contributed by atoms with Crippen molar-refractivity contribution >= 4 is 16.6 Å². The second-order valence-corrected chi connectivity index (χ2v) is 7.85. The number of hydrogen-bond acceptors (Lipinski definition) is 4. The van der Waals surface area contributed by atoms with Crippen molar-refractivity contribution in [1.82, 2.24) is 4.98 Å². The Hall–Kier alpha value is -3.60. The number of aryl methyl sites for hydroxylation is 1. The highest BCUT2D eigenvalue weighted by Gasteiger charge is 2.20. The quantitative estimate of drug-likeness (QED) is 0.383. The van der Waals surface area contributed by atoms with Crippen molar-refractivity contribution in [3.05, 3.63) is 95.4 Å². The number of ether oxygens (including phenoxy) is 1. The predicted octanol–water partition coefficient (Wildman–Crippen LogP) is 6.38. The molecule has 3 aromatic carbocycles. The number of nitrogens with zero attached hydrogens (tertiary/aromatic N) is 1. The van der Waals surface area contributed by atoms with Crippen LogP contribution in [0.4, 0.5) is 10.1 Å². The summed E-state index contributed by atoms with van der Waals surface area (Å²) in [5, 5.41) is 15.4. The summed E-state index contributed by atoms with van der Waals surface area (Å²) in [5.41, 5.74) is 3.71. The number of halogens is 1. The van der Waals surface area contributed by atoms with E-state index in [9.17, 15) is 9.50 Å². The number of fused-ring (bicyclic) bond motifs is 1. The number of anilines is 1. The molecule has 0 saturated heterocycles. The zero-order valence-corrected chi connectivity index (χ0v) is 17.8. The average Bonchev–Trinajstić information content (AvgIpc) is 2.75. The molecule has 0 aliphatic rings. The summed E-state index contributed by atoms with van der Waals surface area (Å²) in [5.74, 6) is 0.590. The van der Waals surface area contributed by atoms with Crippen LogP contribution in [0.15, 0.2) is 72.8 Å². The van der Waals surface area contributed by atoms with Crippen LogP contribution in [0.25, 0.3) is 10.9 Å². The third kappa shape index (κ3) is 4.61. The topological polar surface area (TPSA) is 54.4 Å². The number of hydrogen-bond donors (Lipinski definition) is 2. The lowest BCUT2D eigenvalue weighted by Gasteiger charge is -2.23. The zero-order chi connectivity index (χ0) is 22.0. The minimum Gasteiger partial charge on any atom is -0.505 e. The minimum absolute atomic E-state index is 0.0938. The van der Waals surface area contributed by atoms with Crippen LogP contribution < -0.4 is 10.1 Å². The van der Waals surface area contributed by atoms with Crippen LogP contribution in [0.1, 0.15) is 36.7 Å². The van der Waals surface area contributed by atoms with Crippen LogP contribution in [-0.2, 0) is 0 Å². The summed E-state index contributed by atoms with van der Waals surface area (Å²) < 4.78 is 19.3. The first-order chi connectivity index (χ1) is 14.9. The largest absolute Gasteiger partial charge is 0.505 e. The molecular formula is C26H25FN2O2. The molecule has 0 bridgehead atoms. The third-order valence-corrected chi connectivity index (χ3v) is 5.06. The van der Waals surface area contributed by atoms with Gasteiger partial charge in [0.2, 0.25) is 0 Å². The van der Waals surface area contributed by atoms with Crippen LogP contribution in [-0.4, -0.2) is 16.2 Å². The van der Waals surface area contributed by atoms with E-state index in [0.29, 0.717) is 11.1 Å². The van der Waals surface area contributed by atoms with E-state index in [0.717, 1.165) is 28.1 Å². The molecule has 0 radical (unpaired) electrons. The molecule has 0 amide bonds. The van der Waals surface area contributed by atoms with Gasteiger partial charge >= 0.3 is 0 Å². The highest BCUT2D eigenvalue weighted by Crippen LogP contribution is 2.37. The van der Waals surface area contributed by atoms with E-state index in [2.05, 4.69) is 10.3 Å². The standard InChI is InChI=1S/C26H25FN2O2/c1-16(2)31-22-13-11-21(12-14-22)29-24(18-6-9-20(27)10-7-18)23-15-8-19-5-4-17(3)28-25(19)26(23)30/h4-16,24,29-30H,1-3H3. The van der Waals surface area contributed by atoms with Gasteiger partial charge in [-0.05, 0) is 68.8 Å². The van der Waals surface area contributed by atoms with Gasteiger partial charge in [-0.2, -0.15) is 0 Å². The fourth-order valence-corrected chi connectivity index (χ4v) is 3.58. The Bertz CT molecular complexity index is 1190. The third-order valence-electron chi connectivity index (χ3n) is 5.06. The van der Waals surface area contributed by atoms with Crippen molar-refractivity contribution in [3.63, 3.8) is 0 Å². The van der Waals surface area contributed by atoms with E-state index < -0.39 is 6.04 Å². The van der Waals surface area contributed by atoms with Crippen molar-refractivity contribution in [2.75, 3.05) is 5.32 Å². The molecule has 31 heavy (non-hydrogen) atoms. The van der Waals surface area contributed by atoms with Gasteiger partial charge in [0.1, 0.15) is 22.8 Å². The van der Waals surface area contributed by atoms with Gasteiger partial charge in [-0.3, -0.25) is 0 Å². The fraction of sp³-hybridized carbons (Fsp3) is 0.192. The lowest BCUT2D eigenvalue weighted by Crippen LogP contribution is -2.13. The van der Waals surface area contributed by atoms with Crippen molar-refractivity contribution in [1.29, 1.82) is 0 Å². The predicted molar refractivity (Wildman–Crippen MR) is 122 cm³/mol. The highest BCUT2D eigenvalue weighted by atomic mass is 19.1. The molecule has 0 aliphatic carbocycles. The van der Waals surface area contributed by atoms with Crippen molar-refractivity contribution in [2.45, 2.75) is 32.9 Å². The van der Waals surface area contributed by atoms with Gasteiger partial charge in [0.15, 0.2) is 0 Å². The van der Waals surface area contributed by atoms with Gasteiger partial charge in [-0.1, -0.05) is 30.3 Å². The molecule has 5 heteroatoms. The van der Waals surface area contributed by atoms with Crippen LogP contribution >= 0.6 is 0 Å². The summed E-state index contributed by atoms with van der Waals surface area (Å²) >= 11 is 0. The Kier molecular flexibility index (Phi) is 5.76. The zero-order valence-electron chi connectivity index (χ0n) is 17.8. The molecule has 4 nitrogen and oxygen atoms in total. The van der Waals surface area contributed by atoms with Crippen molar-refractivity contribution < 1.29 is 14.2 Å². The summed E-state index contributed by atoms with van der Waals surface area (Å²) in [6, 6.07) is 21.2. The van der Waals surface area contributed by atoms with Crippen molar-refractivity contribution in [3.8, 4) is 11.5 Å². The van der Waals surface area contributed by atoms with E-state index >= 15 is 0 Å². The minimum atomic E-state index is -0.399. The van der Waals surface area contributed by atoms with E-state index in [1.165, 1.54) is 12.1 Å². The van der Waals surface area contributed by atoms with Gasteiger partial charge in [0, 0.05) is 22.3 Å². The monoisotopic (exact) mass is 416 g/mol. The molecule has 1 unspecified atom stereocenters. The Morgan fingerprint density at radius 2 is 1.58 bits per heavy atom. The van der Waals surface area contributed by atoms with E-state index in [4.69, 9.17) is 4.74 Å². The number of rotatable bonds is 6. The first-order valence-electron chi connectivity index (χ1n) is 10.3. The molecular weight excluding hydrogens is 391 g/mol. The lowest BCUT2D eigenvalue weighted by atomic mass is 9.95. The summed E-state index contributed by atoms with van der Waals surface area (Å²) in [4.78, 5) is 4.52. The van der Waals surface area contributed by atoms with Crippen molar-refractivity contribution in [2.24, 2.45) is 0 Å². The van der Waals surface area contributed by atoms with Crippen LogP contribution in [0.2, 0.25) is 0 Å². The summed E-state index contributed by atoms with van der Waals surface area (Å²) in [6.45, 7) is 5.85. The molecule has 2 N–H and O–H groups in total. The Balaban J connectivity index is 1.76. The average molecular weight is 416 g/mol. The number of phenols is 1.